The minimum atomic E-state index is -0.0387. The number of piperidine rings is 1. The van der Waals surface area contributed by atoms with Crippen molar-refractivity contribution in [1.29, 1.82) is 0 Å². The lowest BCUT2D eigenvalue weighted by Gasteiger charge is -2.37. The van der Waals surface area contributed by atoms with Gasteiger partial charge < -0.3 is 15.1 Å². The molecule has 2 aromatic rings. The highest BCUT2D eigenvalue weighted by Crippen LogP contribution is 2.25. The van der Waals surface area contributed by atoms with Crippen LogP contribution in [-0.4, -0.2) is 29.4 Å². The smallest absolute Gasteiger partial charge is 0.289 e. The van der Waals surface area contributed by atoms with Crippen LogP contribution >= 0.6 is 0 Å². The lowest BCUT2D eigenvalue weighted by Crippen LogP contribution is -2.51. The monoisotopic (exact) mass is 272 g/mol. The molecule has 2 unspecified atom stereocenters. The summed E-state index contributed by atoms with van der Waals surface area (Å²) < 4.78 is 5.68. The molecule has 106 valence electrons. The van der Waals surface area contributed by atoms with Gasteiger partial charge in [0.05, 0.1) is 0 Å². The molecule has 0 aliphatic carbocycles. The number of fused-ring (bicyclic) bond motifs is 1. The molecule has 1 fully saturated rings. The summed E-state index contributed by atoms with van der Waals surface area (Å²) >= 11 is 0. The van der Waals surface area contributed by atoms with E-state index in [1.165, 1.54) is 0 Å². The first-order valence-electron chi connectivity index (χ1n) is 7.22. The highest BCUT2D eigenvalue weighted by Gasteiger charge is 2.31. The van der Waals surface area contributed by atoms with Gasteiger partial charge in [-0.1, -0.05) is 18.2 Å². The van der Waals surface area contributed by atoms with E-state index in [4.69, 9.17) is 10.2 Å². The summed E-state index contributed by atoms with van der Waals surface area (Å²) in [7, 11) is 0. The third kappa shape index (κ3) is 2.31. The fourth-order valence-corrected chi connectivity index (χ4v) is 2.98. The first-order valence-corrected chi connectivity index (χ1v) is 7.22. The number of carbonyl (C=O) groups is 1. The van der Waals surface area contributed by atoms with Crippen molar-refractivity contribution in [2.45, 2.75) is 38.3 Å². The number of hydrogen-bond acceptors (Lipinski definition) is 3. The average molecular weight is 272 g/mol. The largest absolute Gasteiger partial charge is 0.451 e. The Morgan fingerprint density at radius 3 is 2.95 bits per heavy atom. The zero-order chi connectivity index (χ0) is 14.1. The average Bonchev–Trinajstić information content (AvgIpc) is 2.90. The number of benzene rings is 1. The first kappa shape index (κ1) is 13.2. The van der Waals surface area contributed by atoms with Crippen molar-refractivity contribution < 1.29 is 9.21 Å². The predicted molar refractivity (Wildman–Crippen MR) is 78.5 cm³/mol. The van der Waals surface area contributed by atoms with Gasteiger partial charge in [0.15, 0.2) is 5.76 Å². The van der Waals surface area contributed by atoms with E-state index in [1.807, 2.05) is 42.2 Å². The summed E-state index contributed by atoms with van der Waals surface area (Å²) in [6.45, 7) is 2.73. The van der Waals surface area contributed by atoms with Gasteiger partial charge in [-0.3, -0.25) is 4.79 Å². The molecular weight excluding hydrogens is 252 g/mol. The Kier molecular flexibility index (Phi) is 3.49. The fourth-order valence-electron chi connectivity index (χ4n) is 2.98. The van der Waals surface area contributed by atoms with Crippen LogP contribution in [0.1, 0.15) is 36.7 Å². The van der Waals surface area contributed by atoms with E-state index < -0.39 is 0 Å². The molecule has 1 aliphatic rings. The molecule has 4 heteroatoms. The van der Waals surface area contributed by atoms with Crippen LogP contribution in [-0.2, 0) is 0 Å². The summed E-state index contributed by atoms with van der Waals surface area (Å²) in [6, 6.07) is 9.61. The lowest BCUT2D eigenvalue weighted by molar-refractivity contribution is 0.0554. The number of nitrogens with two attached hydrogens (primary N) is 1. The van der Waals surface area contributed by atoms with Gasteiger partial charge in [0.2, 0.25) is 0 Å². The zero-order valence-corrected chi connectivity index (χ0v) is 11.7. The molecule has 1 aliphatic heterocycles. The van der Waals surface area contributed by atoms with Crippen LogP contribution < -0.4 is 5.73 Å². The van der Waals surface area contributed by atoms with Crippen LogP contribution in [0.4, 0.5) is 0 Å². The standard InChI is InChI=1S/C16H20N2O2/c1-11(17)13-7-4-5-9-18(13)16(19)15-10-12-6-2-3-8-14(12)20-15/h2-3,6,8,10-11,13H,4-5,7,9,17H2,1H3. The maximum atomic E-state index is 12.7. The Labute approximate surface area is 118 Å². The molecule has 2 N–H and O–H groups in total. The minimum Gasteiger partial charge on any atom is -0.451 e. The number of likely N-dealkylation sites (tertiary alicyclic amines) is 1. The van der Waals surface area contributed by atoms with E-state index in [0.29, 0.717) is 5.76 Å². The van der Waals surface area contributed by atoms with Crippen molar-refractivity contribution in [3.05, 3.63) is 36.1 Å². The molecule has 0 spiro atoms. The molecule has 4 nitrogen and oxygen atoms in total. The number of hydrogen-bond donors (Lipinski definition) is 1. The van der Waals surface area contributed by atoms with Gasteiger partial charge >= 0.3 is 0 Å². The molecule has 0 radical (unpaired) electrons. The Balaban J connectivity index is 1.90. The van der Waals surface area contributed by atoms with Gasteiger partial charge in [0, 0.05) is 24.0 Å². The van der Waals surface area contributed by atoms with E-state index in [0.717, 1.165) is 36.8 Å². The normalized spacial score (nSPS) is 21.1. The molecule has 2 atom stereocenters. The summed E-state index contributed by atoms with van der Waals surface area (Å²) in [4.78, 5) is 14.5. The third-order valence-electron chi connectivity index (χ3n) is 4.05. The van der Waals surface area contributed by atoms with E-state index >= 15 is 0 Å². The van der Waals surface area contributed by atoms with Crippen molar-refractivity contribution in [2.24, 2.45) is 5.73 Å². The first-order chi connectivity index (χ1) is 9.66. The Morgan fingerprint density at radius 2 is 2.20 bits per heavy atom. The highest BCUT2D eigenvalue weighted by molar-refractivity contribution is 5.96. The van der Waals surface area contributed by atoms with Crippen LogP contribution in [0.3, 0.4) is 0 Å². The van der Waals surface area contributed by atoms with Gasteiger partial charge in [0.25, 0.3) is 5.91 Å². The van der Waals surface area contributed by atoms with Gasteiger partial charge in [-0.05, 0) is 38.3 Å². The number of furan rings is 1. The second-order valence-electron chi connectivity index (χ2n) is 5.57. The van der Waals surface area contributed by atoms with E-state index in [-0.39, 0.29) is 18.0 Å². The van der Waals surface area contributed by atoms with Crippen LogP contribution in [0.15, 0.2) is 34.7 Å². The zero-order valence-electron chi connectivity index (χ0n) is 11.7. The summed E-state index contributed by atoms with van der Waals surface area (Å²) in [5.41, 5.74) is 6.78. The second kappa shape index (κ2) is 5.29. The van der Waals surface area contributed by atoms with Crippen LogP contribution in [0.2, 0.25) is 0 Å². The van der Waals surface area contributed by atoms with Crippen molar-refractivity contribution >= 4 is 16.9 Å². The number of amides is 1. The molecule has 0 bridgehead atoms. The molecular formula is C16H20N2O2. The molecule has 1 amide bonds. The predicted octanol–water partition coefficient (Wildman–Crippen LogP) is 2.77. The fraction of sp³-hybridized carbons (Fsp3) is 0.438. The van der Waals surface area contributed by atoms with E-state index in [1.54, 1.807) is 0 Å². The highest BCUT2D eigenvalue weighted by atomic mass is 16.3. The minimum absolute atomic E-state index is 0.0105. The molecule has 3 rings (SSSR count). The molecule has 2 heterocycles. The summed E-state index contributed by atoms with van der Waals surface area (Å²) in [5.74, 6) is 0.377. The molecule has 0 saturated carbocycles. The SMILES string of the molecule is CC(N)C1CCCCN1C(=O)c1cc2ccccc2o1. The second-order valence-corrected chi connectivity index (χ2v) is 5.57. The van der Waals surface area contributed by atoms with Crippen molar-refractivity contribution in [2.75, 3.05) is 6.54 Å². The van der Waals surface area contributed by atoms with Crippen LogP contribution in [0, 0.1) is 0 Å². The van der Waals surface area contributed by atoms with E-state index in [9.17, 15) is 4.79 Å². The lowest BCUT2D eigenvalue weighted by atomic mass is 9.96. The van der Waals surface area contributed by atoms with Crippen molar-refractivity contribution in [1.82, 2.24) is 4.90 Å². The maximum Gasteiger partial charge on any atom is 0.289 e. The van der Waals surface area contributed by atoms with E-state index in [2.05, 4.69) is 0 Å². The van der Waals surface area contributed by atoms with Crippen molar-refractivity contribution in [3.8, 4) is 0 Å². The van der Waals surface area contributed by atoms with Crippen molar-refractivity contribution in [3.63, 3.8) is 0 Å². The maximum absolute atomic E-state index is 12.7. The van der Waals surface area contributed by atoms with Crippen LogP contribution in [0.25, 0.3) is 11.0 Å². The molecule has 20 heavy (non-hydrogen) atoms. The number of para-hydroxylation sites is 1. The quantitative estimate of drug-likeness (QED) is 0.914. The van der Waals surface area contributed by atoms with Gasteiger partial charge in [0.1, 0.15) is 5.58 Å². The van der Waals surface area contributed by atoms with Gasteiger partial charge in [-0.15, -0.1) is 0 Å². The molecule has 1 aromatic carbocycles. The Hall–Kier alpha value is -1.81. The number of carbonyl (C=O) groups excluding carboxylic acids is 1. The third-order valence-corrected chi connectivity index (χ3v) is 4.05. The van der Waals surface area contributed by atoms with Gasteiger partial charge in [-0.25, -0.2) is 0 Å². The summed E-state index contributed by atoms with van der Waals surface area (Å²) in [6.07, 6.45) is 3.15. The molecule has 1 saturated heterocycles. The van der Waals surface area contributed by atoms with Crippen LogP contribution in [0.5, 0.6) is 0 Å². The Morgan fingerprint density at radius 1 is 1.40 bits per heavy atom. The number of rotatable bonds is 2. The number of nitrogens with zero attached hydrogens (tertiary/aromatic N) is 1. The topological polar surface area (TPSA) is 59.5 Å². The van der Waals surface area contributed by atoms with Gasteiger partial charge in [-0.2, -0.15) is 0 Å². The Bertz CT molecular complexity index is 585. The summed E-state index contributed by atoms with van der Waals surface area (Å²) in [5, 5.41) is 0.963. The molecule has 1 aromatic heterocycles.